The highest BCUT2D eigenvalue weighted by Gasteiger charge is 2.29. The Morgan fingerprint density at radius 2 is 1.82 bits per heavy atom. The minimum absolute atomic E-state index is 0.0588. The smallest absolute Gasteiger partial charge is 0.296 e. The monoisotopic (exact) mass is 627 g/mol. The van der Waals surface area contributed by atoms with Crippen LogP contribution in [0, 0.1) is 5.92 Å². The third kappa shape index (κ3) is 8.05. The van der Waals surface area contributed by atoms with Crippen LogP contribution < -0.4 is 10.6 Å². The number of rotatable bonds is 12. The summed E-state index contributed by atoms with van der Waals surface area (Å²) in [7, 11) is 0. The van der Waals surface area contributed by atoms with Gasteiger partial charge in [-0.1, -0.05) is 24.8 Å². The van der Waals surface area contributed by atoms with E-state index in [9.17, 15) is 18.4 Å². The van der Waals surface area contributed by atoms with Crippen LogP contribution in [0.3, 0.4) is 0 Å². The standard InChI is InChI=1S/C31H39F2N7O5/c1-3-6-22(20-34-26(41)9-10-28(42)38-11-15-43-16-12-38)21(2)45-27-19-25(36-31(37-27)39-13-17-44-18-14-39)40-24-8-5-4-7-23(24)35-30(40)29(32)33/h3-5,7-8,19,22,27,29H,1-2,6,9-18,20H2,(H,34,41)(H,36,37)/t22-,27?/m0/s1. The molecule has 4 heterocycles. The predicted molar refractivity (Wildman–Crippen MR) is 164 cm³/mol. The van der Waals surface area contributed by atoms with Crippen LogP contribution in [0.4, 0.5) is 8.78 Å². The maximum Gasteiger partial charge on any atom is 0.296 e. The lowest BCUT2D eigenvalue weighted by molar-refractivity contribution is -0.137. The van der Waals surface area contributed by atoms with Gasteiger partial charge in [-0.15, -0.1) is 6.58 Å². The van der Waals surface area contributed by atoms with Gasteiger partial charge in [0.05, 0.1) is 43.2 Å². The zero-order valence-electron chi connectivity index (χ0n) is 25.1. The summed E-state index contributed by atoms with van der Waals surface area (Å²) in [5, 5.41) is 6.08. The molecule has 12 nitrogen and oxygen atoms in total. The van der Waals surface area contributed by atoms with E-state index >= 15 is 0 Å². The van der Waals surface area contributed by atoms with Crippen LogP contribution in [0.1, 0.15) is 31.5 Å². The molecule has 0 bridgehead atoms. The first-order chi connectivity index (χ1) is 21.8. The van der Waals surface area contributed by atoms with Crippen molar-refractivity contribution in [2.24, 2.45) is 10.9 Å². The van der Waals surface area contributed by atoms with Crippen LogP contribution in [-0.4, -0.2) is 103 Å². The number of allylic oxidation sites excluding steroid dienone is 1. The first kappa shape index (κ1) is 32.1. The molecule has 0 spiro atoms. The third-order valence-corrected chi connectivity index (χ3v) is 7.78. The fourth-order valence-corrected chi connectivity index (χ4v) is 5.35. The predicted octanol–water partition coefficient (Wildman–Crippen LogP) is 2.87. The van der Waals surface area contributed by atoms with Crippen LogP contribution in [0.25, 0.3) is 16.9 Å². The van der Waals surface area contributed by atoms with Gasteiger partial charge in [-0.05, 0) is 18.6 Å². The maximum absolute atomic E-state index is 14.2. The van der Waals surface area contributed by atoms with E-state index in [4.69, 9.17) is 19.2 Å². The molecule has 2 atom stereocenters. The van der Waals surface area contributed by atoms with E-state index < -0.39 is 18.5 Å². The largest absolute Gasteiger partial charge is 0.469 e. The fourth-order valence-electron chi connectivity index (χ4n) is 5.35. The van der Waals surface area contributed by atoms with Gasteiger partial charge in [0.1, 0.15) is 5.82 Å². The van der Waals surface area contributed by atoms with Crippen molar-refractivity contribution in [1.82, 2.24) is 30.0 Å². The SMILES string of the molecule is C=CC[C@@H](CNC(=O)CCC(=O)N1CCOCC1)C(=C)OC1C=C(n2c(C(F)F)nc3ccccc32)NC(N2CCOCC2)=N1. The number of carbonyl (C=O) groups excluding carboxylic acids is 2. The van der Waals surface area contributed by atoms with Gasteiger partial charge in [0.15, 0.2) is 5.82 Å². The number of fused-ring (bicyclic) bond motifs is 1. The summed E-state index contributed by atoms with van der Waals surface area (Å²) in [6.07, 6.45) is 0.193. The van der Waals surface area contributed by atoms with Crippen molar-refractivity contribution in [3.8, 4) is 0 Å². The quantitative estimate of drug-likeness (QED) is 0.272. The first-order valence-corrected chi connectivity index (χ1v) is 15.1. The lowest BCUT2D eigenvalue weighted by atomic mass is 10.0. The molecule has 1 aromatic heterocycles. The van der Waals surface area contributed by atoms with Crippen molar-refractivity contribution < 1.29 is 32.6 Å². The van der Waals surface area contributed by atoms with Gasteiger partial charge < -0.3 is 34.6 Å². The van der Waals surface area contributed by atoms with Gasteiger partial charge in [-0.25, -0.2) is 18.8 Å². The Kier molecular flexibility index (Phi) is 10.8. The average molecular weight is 628 g/mol. The minimum atomic E-state index is -2.83. The van der Waals surface area contributed by atoms with Gasteiger partial charge in [-0.3, -0.25) is 14.2 Å². The molecule has 5 rings (SSSR count). The summed E-state index contributed by atoms with van der Waals surface area (Å²) in [5.74, 6) is 0.0261. The van der Waals surface area contributed by atoms with E-state index in [1.165, 1.54) is 4.57 Å². The van der Waals surface area contributed by atoms with Crippen LogP contribution in [-0.2, 0) is 23.8 Å². The summed E-state index contributed by atoms with van der Waals surface area (Å²) in [4.78, 5) is 37.6. The van der Waals surface area contributed by atoms with Gasteiger partial charge in [0.2, 0.25) is 24.0 Å². The molecule has 1 aromatic carbocycles. The van der Waals surface area contributed by atoms with Crippen LogP contribution in [0.2, 0.25) is 0 Å². The van der Waals surface area contributed by atoms with E-state index in [2.05, 4.69) is 28.8 Å². The van der Waals surface area contributed by atoms with Crippen LogP contribution in [0.5, 0.6) is 0 Å². The summed E-state index contributed by atoms with van der Waals surface area (Å²) in [5.41, 5.74) is 0.938. The topological polar surface area (TPSA) is 123 Å². The highest BCUT2D eigenvalue weighted by Crippen LogP contribution is 2.29. The molecule has 0 aliphatic carbocycles. The number of halogens is 2. The number of nitrogens with one attached hydrogen (secondary N) is 2. The Bertz CT molecular complexity index is 1450. The lowest BCUT2D eigenvalue weighted by Crippen LogP contribution is -2.49. The second-order valence-electron chi connectivity index (χ2n) is 10.8. The van der Waals surface area contributed by atoms with Gasteiger partial charge in [-0.2, -0.15) is 0 Å². The minimum Gasteiger partial charge on any atom is -0.469 e. The van der Waals surface area contributed by atoms with E-state index in [0.717, 1.165) is 0 Å². The van der Waals surface area contributed by atoms with Gasteiger partial charge >= 0.3 is 0 Å². The molecular formula is C31H39F2N7O5. The number of guanidine groups is 1. The lowest BCUT2D eigenvalue weighted by Gasteiger charge is -2.34. The second-order valence-corrected chi connectivity index (χ2v) is 10.8. The number of nitrogens with zero attached hydrogens (tertiary/aromatic N) is 5. The van der Waals surface area contributed by atoms with E-state index in [1.54, 1.807) is 41.3 Å². The number of aromatic nitrogens is 2. The first-order valence-electron chi connectivity index (χ1n) is 15.1. The number of carbonyl (C=O) groups is 2. The van der Waals surface area contributed by atoms with E-state index in [-0.39, 0.29) is 37.1 Å². The summed E-state index contributed by atoms with van der Waals surface area (Å²) >= 11 is 0. The van der Waals surface area contributed by atoms with Crippen molar-refractivity contribution in [2.75, 3.05) is 59.2 Å². The Hall–Kier alpha value is -4.30. The van der Waals surface area contributed by atoms with Crippen molar-refractivity contribution in [2.45, 2.75) is 31.9 Å². The zero-order chi connectivity index (χ0) is 31.8. The van der Waals surface area contributed by atoms with Crippen molar-refractivity contribution in [3.05, 3.63) is 61.2 Å². The normalized spacial score (nSPS) is 19.4. The van der Waals surface area contributed by atoms with E-state index in [0.29, 0.717) is 87.6 Å². The highest BCUT2D eigenvalue weighted by molar-refractivity contribution is 5.90. The highest BCUT2D eigenvalue weighted by atomic mass is 19.3. The number of imidazole rings is 1. The van der Waals surface area contributed by atoms with Crippen LogP contribution in [0.15, 0.2) is 60.3 Å². The molecule has 242 valence electrons. The van der Waals surface area contributed by atoms with Gasteiger partial charge in [0.25, 0.3) is 6.43 Å². The van der Waals surface area contributed by atoms with Crippen molar-refractivity contribution >= 4 is 34.6 Å². The summed E-state index contributed by atoms with van der Waals surface area (Å²) in [6.45, 7) is 12.3. The number of amides is 2. The molecule has 1 unspecified atom stereocenters. The molecule has 3 aliphatic rings. The molecule has 2 fully saturated rings. The van der Waals surface area contributed by atoms with Crippen molar-refractivity contribution in [1.29, 1.82) is 0 Å². The zero-order valence-corrected chi connectivity index (χ0v) is 25.1. The Morgan fingerprint density at radius 1 is 1.11 bits per heavy atom. The van der Waals surface area contributed by atoms with E-state index in [1.807, 2.05) is 4.90 Å². The number of para-hydroxylation sites is 2. The third-order valence-electron chi connectivity index (χ3n) is 7.78. The number of benzene rings is 1. The summed E-state index contributed by atoms with van der Waals surface area (Å²) < 4.78 is 46.8. The van der Waals surface area contributed by atoms with Gasteiger partial charge in [0, 0.05) is 57.6 Å². The number of aliphatic imine (C=N–C) groups is 1. The number of alkyl halides is 2. The number of hydrogen-bond acceptors (Lipinski definition) is 9. The second kappa shape index (κ2) is 15.1. The maximum atomic E-state index is 14.2. The number of morpholine rings is 2. The molecule has 2 saturated heterocycles. The molecule has 14 heteroatoms. The number of hydrogen-bond donors (Lipinski definition) is 2. The Balaban J connectivity index is 1.30. The average Bonchev–Trinajstić information content (AvgIpc) is 3.46. The molecule has 2 amide bonds. The van der Waals surface area contributed by atoms with Crippen LogP contribution >= 0.6 is 0 Å². The fraction of sp³-hybridized carbons (Fsp3) is 0.484. The Morgan fingerprint density at radius 3 is 2.53 bits per heavy atom. The molecular weight excluding hydrogens is 588 g/mol. The molecule has 0 radical (unpaired) electrons. The summed E-state index contributed by atoms with van der Waals surface area (Å²) in [6, 6.07) is 6.91. The number of ether oxygens (including phenoxy) is 3. The molecule has 0 saturated carbocycles. The molecule has 3 aliphatic heterocycles. The molecule has 2 N–H and O–H groups in total. The molecule has 45 heavy (non-hydrogen) atoms. The molecule has 2 aromatic rings. The Labute approximate surface area is 260 Å². The van der Waals surface area contributed by atoms with Crippen molar-refractivity contribution in [3.63, 3.8) is 0 Å².